The third-order valence-corrected chi connectivity index (χ3v) is 5.79. The van der Waals surface area contributed by atoms with Gasteiger partial charge in [-0.1, -0.05) is 18.2 Å². The van der Waals surface area contributed by atoms with E-state index >= 15 is 0 Å². The second-order valence-corrected chi connectivity index (χ2v) is 8.06. The molecule has 1 unspecified atom stereocenters. The standard InChI is InChI=1S/C18H15BrN2O2S/c1-21(14-8-9-23-15-5-3-2-4-12(14)15)17(22)11-6-7-13-16(10-11)24-18(19)20-13/h2-7,10,14H,8-9H2,1H3. The Morgan fingerprint density at radius 1 is 1.33 bits per heavy atom. The number of aromatic nitrogens is 1. The first-order valence-electron chi connectivity index (χ1n) is 7.68. The van der Waals surface area contributed by atoms with Crippen molar-refractivity contribution in [1.29, 1.82) is 0 Å². The molecule has 0 fully saturated rings. The fourth-order valence-electron chi connectivity index (χ4n) is 3.10. The summed E-state index contributed by atoms with van der Waals surface area (Å²) in [4.78, 5) is 19.2. The Labute approximate surface area is 152 Å². The molecule has 0 saturated carbocycles. The van der Waals surface area contributed by atoms with E-state index in [9.17, 15) is 4.79 Å². The van der Waals surface area contributed by atoms with Crippen molar-refractivity contribution in [2.45, 2.75) is 12.5 Å². The van der Waals surface area contributed by atoms with E-state index in [-0.39, 0.29) is 11.9 Å². The van der Waals surface area contributed by atoms with E-state index in [1.165, 1.54) is 11.3 Å². The number of hydrogen-bond acceptors (Lipinski definition) is 4. The molecule has 1 aliphatic heterocycles. The van der Waals surface area contributed by atoms with Crippen LogP contribution >= 0.6 is 27.3 Å². The van der Waals surface area contributed by atoms with Gasteiger partial charge in [0.2, 0.25) is 0 Å². The number of carbonyl (C=O) groups is 1. The fourth-order valence-corrected chi connectivity index (χ4v) is 4.54. The molecule has 1 amide bonds. The summed E-state index contributed by atoms with van der Waals surface area (Å²) in [7, 11) is 1.86. The zero-order chi connectivity index (χ0) is 16.7. The van der Waals surface area contributed by atoms with Crippen molar-refractivity contribution in [1.82, 2.24) is 9.88 Å². The number of rotatable bonds is 2. The van der Waals surface area contributed by atoms with Crippen LogP contribution in [0.2, 0.25) is 0 Å². The number of carbonyl (C=O) groups excluding carboxylic acids is 1. The average molecular weight is 403 g/mol. The Morgan fingerprint density at radius 3 is 3.04 bits per heavy atom. The van der Waals surface area contributed by atoms with E-state index in [0.29, 0.717) is 12.2 Å². The molecule has 6 heteroatoms. The monoisotopic (exact) mass is 402 g/mol. The van der Waals surface area contributed by atoms with Gasteiger partial charge in [0.25, 0.3) is 5.91 Å². The number of ether oxygens (including phenoxy) is 1. The molecule has 4 rings (SSSR count). The molecule has 1 atom stereocenters. The predicted molar refractivity (Wildman–Crippen MR) is 98.7 cm³/mol. The number of benzene rings is 2. The Balaban J connectivity index is 1.66. The van der Waals surface area contributed by atoms with E-state index in [1.54, 1.807) is 0 Å². The molecule has 3 aromatic rings. The van der Waals surface area contributed by atoms with Crippen LogP contribution in [0.3, 0.4) is 0 Å². The Bertz CT molecular complexity index is 924. The van der Waals surface area contributed by atoms with E-state index < -0.39 is 0 Å². The van der Waals surface area contributed by atoms with Crippen LogP contribution in [0, 0.1) is 0 Å². The number of halogens is 1. The molecular weight excluding hydrogens is 388 g/mol. The van der Waals surface area contributed by atoms with Crippen molar-refractivity contribution >= 4 is 43.4 Å². The minimum atomic E-state index is 0.0168. The molecule has 2 aromatic carbocycles. The van der Waals surface area contributed by atoms with Gasteiger partial charge >= 0.3 is 0 Å². The van der Waals surface area contributed by atoms with Gasteiger partial charge in [-0.25, -0.2) is 4.98 Å². The highest BCUT2D eigenvalue weighted by molar-refractivity contribution is 9.11. The van der Waals surface area contributed by atoms with Crippen molar-refractivity contribution in [3.8, 4) is 5.75 Å². The predicted octanol–water partition coefficient (Wildman–Crippen LogP) is 4.65. The van der Waals surface area contributed by atoms with Gasteiger partial charge in [-0.15, -0.1) is 11.3 Å². The molecule has 1 aliphatic rings. The van der Waals surface area contributed by atoms with Gasteiger partial charge in [0.15, 0.2) is 3.92 Å². The molecule has 122 valence electrons. The number of para-hydroxylation sites is 1. The van der Waals surface area contributed by atoms with Crippen molar-refractivity contribution in [3.63, 3.8) is 0 Å². The summed E-state index contributed by atoms with van der Waals surface area (Å²) in [6, 6.07) is 13.6. The number of thiazole rings is 1. The highest BCUT2D eigenvalue weighted by Crippen LogP contribution is 2.36. The van der Waals surface area contributed by atoms with Gasteiger partial charge in [0.1, 0.15) is 5.75 Å². The zero-order valence-electron chi connectivity index (χ0n) is 13.0. The Kier molecular flexibility index (Phi) is 4.02. The minimum absolute atomic E-state index is 0.0168. The van der Waals surface area contributed by atoms with E-state index in [4.69, 9.17) is 4.74 Å². The molecule has 0 saturated heterocycles. The number of amides is 1. The Morgan fingerprint density at radius 2 is 2.17 bits per heavy atom. The molecule has 0 spiro atoms. The summed E-state index contributed by atoms with van der Waals surface area (Å²) in [6.07, 6.45) is 0.799. The van der Waals surface area contributed by atoms with Gasteiger partial charge < -0.3 is 9.64 Å². The van der Waals surface area contributed by atoms with Crippen molar-refractivity contribution in [2.24, 2.45) is 0 Å². The first-order valence-corrected chi connectivity index (χ1v) is 9.29. The number of nitrogens with zero attached hydrogens (tertiary/aromatic N) is 2. The summed E-state index contributed by atoms with van der Waals surface area (Å²) >= 11 is 4.93. The first kappa shape index (κ1) is 15.6. The maximum Gasteiger partial charge on any atom is 0.254 e. The largest absolute Gasteiger partial charge is 0.493 e. The fraction of sp³-hybridized carbons (Fsp3) is 0.222. The maximum atomic E-state index is 13.0. The number of fused-ring (bicyclic) bond motifs is 2. The summed E-state index contributed by atoms with van der Waals surface area (Å²) in [5.74, 6) is 0.887. The minimum Gasteiger partial charge on any atom is -0.493 e. The van der Waals surface area contributed by atoms with Crippen molar-refractivity contribution < 1.29 is 9.53 Å². The third kappa shape index (κ3) is 2.70. The summed E-state index contributed by atoms with van der Waals surface area (Å²) in [5, 5.41) is 0. The summed E-state index contributed by atoms with van der Waals surface area (Å²) < 4.78 is 7.54. The van der Waals surface area contributed by atoms with Crippen LogP contribution in [-0.2, 0) is 0 Å². The van der Waals surface area contributed by atoms with Crippen LogP contribution in [0.5, 0.6) is 5.75 Å². The molecule has 0 bridgehead atoms. The van der Waals surface area contributed by atoms with Crippen LogP contribution in [0.1, 0.15) is 28.4 Å². The summed E-state index contributed by atoms with van der Waals surface area (Å²) in [6.45, 7) is 0.625. The summed E-state index contributed by atoms with van der Waals surface area (Å²) in [5.41, 5.74) is 2.66. The van der Waals surface area contributed by atoms with Crippen molar-refractivity contribution in [3.05, 3.63) is 57.5 Å². The SMILES string of the molecule is CN(C(=O)c1ccc2nc(Br)sc2c1)C1CCOc2ccccc21. The molecule has 0 N–H and O–H groups in total. The van der Waals surface area contributed by atoms with Gasteiger partial charge in [-0.2, -0.15) is 0 Å². The van der Waals surface area contributed by atoms with E-state index in [0.717, 1.165) is 31.9 Å². The molecule has 24 heavy (non-hydrogen) atoms. The second kappa shape index (κ2) is 6.18. The lowest BCUT2D eigenvalue weighted by Crippen LogP contribution is -2.34. The van der Waals surface area contributed by atoms with Crippen LogP contribution < -0.4 is 4.74 Å². The highest BCUT2D eigenvalue weighted by atomic mass is 79.9. The van der Waals surface area contributed by atoms with Crippen LogP contribution in [0.4, 0.5) is 0 Å². The van der Waals surface area contributed by atoms with E-state index in [2.05, 4.69) is 20.9 Å². The van der Waals surface area contributed by atoms with Gasteiger partial charge in [0.05, 0.1) is 22.9 Å². The first-order chi connectivity index (χ1) is 11.6. The molecule has 1 aromatic heterocycles. The Hall–Kier alpha value is -1.92. The lowest BCUT2D eigenvalue weighted by Gasteiger charge is -2.33. The molecular formula is C18H15BrN2O2S. The normalized spacial score (nSPS) is 16.5. The van der Waals surface area contributed by atoms with Crippen LogP contribution in [-0.4, -0.2) is 29.4 Å². The highest BCUT2D eigenvalue weighted by Gasteiger charge is 2.28. The van der Waals surface area contributed by atoms with Crippen LogP contribution in [0.15, 0.2) is 46.4 Å². The van der Waals surface area contributed by atoms with Crippen LogP contribution in [0.25, 0.3) is 10.2 Å². The smallest absolute Gasteiger partial charge is 0.254 e. The number of hydrogen-bond donors (Lipinski definition) is 0. The topological polar surface area (TPSA) is 42.4 Å². The maximum absolute atomic E-state index is 13.0. The molecule has 4 nitrogen and oxygen atoms in total. The molecule has 0 aliphatic carbocycles. The van der Waals surface area contributed by atoms with Gasteiger partial charge in [-0.05, 0) is 40.2 Å². The molecule has 2 heterocycles. The lowest BCUT2D eigenvalue weighted by atomic mass is 9.98. The van der Waals surface area contributed by atoms with E-state index in [1.807, 2.05) is 54.4 Å². The quantitative estimate of drug-likeness (QED) is 0.626. The third-order valence-electron chi connectivity index (χ3n) is 4.32. The van der Waals surface area contributed by atoms with Gasteiger partial charge in [-0.3, -0.25) is 4.79 Å². The average Bonchev–Trinajstić information content (AvgIpc) is 2.99. The van der Waals surface area contributed by atoms with Gasteiger partial charge in [0, 0.05) is 24.6 Å². The molecule has 0 radical (unpaired) electrons. The van der Waals surface area contributed by atoms with Crippen molar-refractivity contribution in [2.75, 3.05) is 13.7 Å². The lowest BCUT2D eigenvalue weighted by molar-refractivity contribution is 0.0686. The zero-order valence-corrected chi connectivity index (χ0v) is 15.4. The second-order valence-electron chi connectivity index (χ2n) is 5.76.